The number of hydrogen-bond acceptors (Lipinski definition) is 4. The van der Waals surface area contributed by atoms with Crippen LogP contribution in [0.1, 0.15) is 44.7 Å². The number of aromatic nitrogens is 1. The van der Waals surface area contributed by atoms with Gasteiger partial charge < -0.3 is 9.84 Å². The third-order valence-electron chi connectivity index (χ3n) is 4.60. The van der Waals surface area contributed by atoms with E-state index in [0.717, 1.165) is 37.8 Å². The Labute approximate surface area is 118 Å². The van der Waals surface area contributed by atoms with Crippen LogP contribution in [0.15, 0.2) is 24.4 Å². The molecule has 20 heavy (non-hydrogen) atoms. The lowest BCUT2D eigenvalue weighted by molar-refractivity contribution is -0.160. The molecule has 0 unspecified atom stereocenters. The van der Waals surface area contributed by atoms with E-state index in [1.807, 2.05) is 18.2 Å². The molecule has 1 amide bonds. The number of amides is 1. The second-order valence-electron chi connectivity index (χ2n) is 5.85. The number of nitrogens with zero attached hydrogens (tertiary/aromatic N) is 2. The first-order valence-corrected chi connectivity index (χ1v) is 7.18. The van der Waals surface area contributed by atoms with Gasteiger partial charge in [-0.2, -0.15) is 0 Å². The molecule has 1 N–H and O–H groups in total. The van der Waals surface area contributed by atoms with Crippen LogP contribution in [0.2, 0.25) is 0 Å². The second kappa shape index (κ2) is 4.74. The molecule has 1 saturated carbocycles. The molecule has 2 aliphatic rings. The molecule has 2 fully saturated rings. The largest absolute Gasteiger partial charge is 0.438 e. The van der Waals surface area contributed by atoms with Gasteiger partial charge >= 0.3 is 6.09 Å². The minimum atomic E-state index is -1.28. The smallest absolute Gasteiger partial charge is 0.413 e. The van der Waals surface area contributed by atoms with E-state index in [2.05, 4.69) is 4.98 Å². The number of pyridine rings is 1. The van der Waals surface area contributed by atoms with Crippen molar-refractivity contribution in [2.45, 2.75) is 56.9 Å². The first-order chi connectivity index (χ1) is 9.55. The maximum absolute atomic E-state index is 12.2. The van der Waals surface area contributed by atoms with E-state index in [1.54, 1.807) is 13.1 Å². The Balaban J connectivity index is 1.86. The summed E-state index contributed by atoms with van der Waals surface area (Å²) in [5, 5.41) is 10.9. The van der Waals surface area contributed by atoms with Crippen molar-refractivity contribution in [2.75, 3.05) is 0 Å². The van der Waals surface area contributed by atoms with Gasteiger partial charge in [0, 0.05) is 6.20 Å². The van der Waals surface area contributed by atoms with Gasteiger partial charge in [-0.1, -0.05) is 12.5 Å². The highest BCUT2D eigenvalue weighted by molar-refractivity contribution is 5.72. The number of aliphatic hydroxyl groups is 1. The Hall–Kier alpha value is -1.62. The van der Waals surface area contributed by atoms with Gasteiger partial charge in [0.1, 0.15) is 0 Å². The summed E-state index contributed by atoms with van der Waals surface area (Å²) in [4.78, 5) is 17.8. The van der Waals surface area contributed by atoms with Crippen molar-refractivity contribution in [3.8, 4) is 0 Å². The van der Waals surface area contributed by atoms with E-state index >= 15 is 0 Å². The summed E-state index contributed by atoms with van der Waals surface area (Å²) in [7, 11) is 0. The Kier molecular flexibility index (Phi) is 3.17. The lowest BCUT2D eigenvalue weighted by atomic mass is 9.77. The molecular weight excluding hydrogens is 256 g/mol. The summed E-state index contributed by atoms with van der Waals surface area (Å²) >= 11 is 0. The monoisotopic (exact) mass is 276 g/mol. The second-order valence-corrected chi connectivity index (χ2v) is 5.85. The summed E-state index contributed by atoms with van der Waals surface area (Å²) in [6.07, 6.45) is 5.80. The molecule has 1 aliphatic carbocycles. The van der Waals surface area contributed by atoms with Crippen molar-refractivity contribution in [1.82, 2.24) is 9.88 Å². The summed E-state index contributed by atoms with van der Waals surface area (Å²) in [5.74, 6) is 0. The van der Waals surface area contributed by atoms with E-state index in [4.69, 9.17) is 4.74 Å². The van der Waals surface area contributed by atoms with Crippen LogP contribution in [0, 0.1) is 0 Å². The molecule has 5 nitrogen and oxygen atoms in total. The Morgan fingerprint density at radius 1 is 1.35 bits per heavy atom. The highest BCUT2D eigenvalue weighted by atomic mass is 16.6. The third kappa shape index (κ3) is 1.97. The number of rotatable bonds is 2. The zero-order valence-corrected chi connectivity index (χ0v) is 11.7. The summed E-state index contributed by atoms with van der Waals surface area (Å²) in [6, 6.07) is 5.54. The van der Waals surface area contributed by atoms with Crippen molar-refractivity contribution in [3.05, 3.63) is 30.1 Å². The van der Waals surface area contributed by atoms with Crippen LogP contribution in [0.25, 0.3) is 0 Å². The van der Waals surface area contributed by atoms with Crippen LogP contribution in [0.4, 0.5) is 4.79 Å². The molecule has 3 rings (SSSR count). The van der Waals surface area contributed by atoms with Crippen LogP contribution >= 0.6 is 0 Å². The highest BCUT2D eigenvalue weighted by Crippen LogP contribution is 2.47. The highest BCUT2D eigenvalue weighted by Gasteiger charge is 2.61. The van der Waals surface area contributed by atoms with Crippen LogP contribution in [0.3, 0.4) is 0 Å². The average Bonchev–Trinajstić information content (AvgIpc) is 2.62. The fraction of sp³-hybridized carbons (Fsp3) is 0.600. The fourth-order valence-electron chi connectivity index (χ4n) is 3.31. The number of carbonyl (C=O) groups excluding carboxylic acids is 1. The summed E-state index contributed by atoms with van der Waals surface area (Å²) in [5.41, 5.74) is -1.28. The minimum absolute atomic E-state index is 0.272. The molecule has 2 heterocycles. The molecule has 5 heteroatoms. The Morgan fingerprint density at radius 3 is 2.75 bits per heavy atom. The standard InChI is InChI=1S/C15H20N2O3/c1-14(19)15(8-4-2-5-9-15)20-13(18)17(14)11-12-7-3-6-10-16-12/h3,6-7,10,19H,2,4-5,8-9,11H2,1H3/t14-/m1/s1. The molecule has 0 radical (unpaired) electrons. The molecule has 108 valence electrons. The topological polar surface area (TPSA) is 62.7 Å². The average molecular weight is 276 g/mol. The summed E-state index contributed by atoms with van der Waals surface area (Å²) < 4.78 is 5.60. The van der Waals surface area contributed by atoms with Gasteiger partial charge in [0.2, 0.25) is 0 Å². The van der Waals surface area contributed by atoms with Crippen molar-refractivity contribution < 1.29 is 14.6 Å². The van der Waals surface area contributed by atoms with Gasteiger partial charge in [0.05, 0.1) is 12.2 Å². The van der Waals surface area contributed by atoms with E-state index in [-0.39, 0.29) is 6.54 Å². The van der Waals surface area contributed by atoms with Gasteiger partial charge in [0.15, 0.2) is 11.3 Å². The SMILES string of the molecule is C[C@]1(O)N(Cc2ccccn2)C(=O)OC12CCCCC2. The molecule has 1 spiro atoms. The van der Waals surface area contributed by atoms with Crippen molar-refractivity contribution in [2.24, 2.45) is 0 Å². The number of hydrogen-bond donors (Lipinski definition) is 1. The van der Waals surface area contributed by atoms with Crippen molar-refractivity contribution >= 4 is 6.09 Å². The van der Waals surface area contributed by atoms with E-state index < -0.39 is 17.4 Å². The number of carbonyl (C=O) groups is 1. The molecule has 1 aliphatic heterocycles. The zero-order valence-electron chi connectivity index (χ0n) is 11.7. The van der Waals surface area contributed by atoms with Crippen molar-refractivity contribution in [1.29, 1.82) is 0 Å². The lowest BCUT2D eigenvalue weighted by Crippen LogP contribution is -2.57. The lowest BCUT2D eigenvalue weighted by Gasteiger charge is -2.42. The molecule has 0 bridgehead atoms. The molecule has 1 aromatic rings. The molecule has 1 saturated heterocycles. The van der Waals surface area contributed by atoms with Gasteiger partial charge in [-0.05, 0) is 44.7 Å². The van der Waals surface area contributed by atoms with Crippen LogP contribution < -0.4 is 0 Å². The molecule has 1 atom stereocenters. The predicted molar refractivity (Wildman–Crippen MR) is 72.7 cm³/mol. The molecule has 0 aromatic carbocycles. The first-order valence-electron chi connectivity index (χ1n) is 7.18. The van der Waals surface area contributed by atoms with Gasteiger partial charge in [-0.3, -0.25) is 9.88 Å². The quantitative estimate of drug-likeness (QED) is 0.901. The zero-order chi connectivity index (χ0) is 14.2. The maximum atomic E-state index is 12.2. The minimum Gasteiger partial charge on any atom is -0.438 e. The predicted octanol–water partition coefficient (Wildman–Crippen LogP) is 2.45. The van der Waals surface area contributed by atoms with Gasteiger partial charge in [-0.15, -0.1) is 0 Å². The number of ether oxygens (including phenoxy) is 1. The van der Waals surface area contributed by atoms with E-state index in [9.17, 15) is 9.90 Å². The maximum Gasteiger partial charge on any atom is 0.413 e. The molecule has 1 aromatic heterocycles. The van der Waals surface area contributed by atoms with E-state index in [0.29, 0.717) is 0 Å². The normalized spacial score (nSPS) is 28.7. The Bertz CT molecular complexity index is 495. The van der Waals surface area contributed by atoms with Crippen LogP contribution in [-0.4, -0.2) is 32.4 Å². The first kappa shape index (κ1) is 13.4. The van der Waals surface area contributed by atoms with Crippen LogP contribution in [0.5, 0.6) is 0 Å². The van der Waals surface area contributed by atoms with Gasteiger partial charge in [-0.25, -0.2) is 4.79 Å². The summed E-state index contributed by atoms with van der Waals surface area (Å²) in [6.45, 7) is 1.96. The fourth-order valence-corrected chi connectivity index (χ4v) is 3.31. The van der Waals surface area contributed by atoms with E-state index in [1.165, 1.54) is 4.90 Å². The van der Waals surface area contributed by atoms with Crippen molar-refractivity contribution in [3.63, 3.8) is 0 Å². The molecular formula is C15H20N2O3. The van der Waals surface area contributed by atoms with Crippen LogP contribution in [-0.2, 0) is 11.3 Å². The van der Waals surface area contributed by atoms with Gasteiger partial charge in [0.25, 0.3) is 0 Å². The Morgan fingerprint density at radius 2 is 2.10 bits per heavy atom. The third-order valence-corrected chi connectivity index (χ3v) is 4.60.